The van der Waals surface area contributed by atoms with Crippen LogP contribution in [-0.2, 0) is 4.79 Å². The maximum Gasteiger partial charge on any atom is 0.262 e. The molecule has 0 unspecified atom stereocenters. The van der Waals surface area contributed by atoms with E-state index in [1.54, 1.807) is 6.07 Å². The van der Waals surface area contributed by atoms with Gasteiger partial charge in [0.2, 0.25) is 0 Å². The van der Waals surface area contributed by atoms with Crippen LogP contribution in [0, 0.1) is 6.92 Å². The third-order valence-corrected chi connectivity index (χ3v) is 4.50. The molecule has 0 spiro atoms. The first kappa shape index (κ1) is 16.8. The first-order chi connectivity index (χ1) is 11.5. The number of carbonyl (C=O) groups is 1. The molecular formula is C19H15BrClNO2. The zero-order valence-electron chi connectivity index (χ0n) is 13.0. The highest BCUT2D eigenvalue weighted by Crippen LogP contribution is 2.24. The molecule has 24 heavy (non-hydrogen) atoms. The van der Waals surface area contributed by atoms with E-state index in [2.05, 4.69) is 21.2 Å². The molecule has 3 aromatic rings. The summed E-state index contributed by atoms with van der Waals surface area (Å²) >= 11 is 9.50. The molecular weight excluding hydrogens is 390 g/mol. The Kier molecular flexibility index (Phi) is 5.07. The van der Waals surface area contributed by atoms with Gasteiger partial charge in [0.05, 0.1) is 0 Å². The Morgan fingerprint density at radius 3 is 2.62 bits per heavy atom. The van der Waals surface area contributed by atoms with Crippen molar-refractivity contribution in [3.05, 3.63) is 69.7 Å². The van der Waals surface area contributed by atoms with Gasteiger partial charge < -0.3 is 10.1 Å². The lowest BCUT2D eigenvalue weighted by molar-refractivity contribution is -0.118. The minimum atomic E-state index is -0.231. The number of ether oxygens (including phenoxy) is 1. The highest BCUT2D eigenvalue weighted by molar-refractivity contribution is 9.10. The summed E-state index contributed by atoms with van der Waals surface area (Å²) in [6.45, 7) is 1.85. The van der Waals surface area contributed by atoms with Crippen molar-refractivity contribution in [3.8, 4) is 5.75 Å². The summed E-state index contributed by atoms with van der Waals surface area (Å²) in [5.74, 6) is 0.424. The fraction of sp³-hybridized carbons (Fsp3) is 0.105. The van der Waals surface area contributed by atoms with E-state index in [4.69, 9.17) is 16.3 Å². The van der Waals surface area contributed by atoms with E-state index < -0.39 is 0 Å². The van der Waals surface area contributed by atoms with Gasteiger partial charge in [-0.25, -0.2) is 0 Å². The van der Waals surface area contributed by atoms with E-state index >= 15 is 0 Å². The summed E-state index contributed by atoms with van der Waals surface area (Å²) in [4.78, 5) is 12.0. The van der Waals surface area contributed by atoms with Crippen LogP contribution in [0.5, 0.6) is 5.75 Å². The predicted octanol–water partition coefficient (Wildman–Crippen LogP) is 5.58. The van der Waals surface area contributed by atoms with E-state index in [0.29, 0.717) is 16.5 Å². The maximum absolute atomic E-state index is 12.0. The lowest BCUT2D eigenvalue weighted by Crippen LogP contribution is -2.20. The van der Waals surface area contributed by atoms with Crippen LogP contribution in [-0.4, -0.2) is 12.5 Å². The van der Waals surface area contributed by atoms with Gasteiger partial charge >= 0.3 is 0 Å². The van der Waals surface area contributed by atoms with Gasteiger partial charge in [0.25, 0.3) is 5.91 Å². The summed E-state index contributed by atoms with van der Waals surface area (Å²) in [6.07, 6.45) is 0. The average Bonchev–Trinajstić information content (AvgIpc) is 2.56. The van der Waals surface area contributed by atoms with E-state index in [-0.39, 0.29) is 12.5 Å². The number of hydrogen-bond acceptors (Lipinski definition) is 2. The van der Waals surface area contributed by atoms with Gasteiger partial charge in [-0.1, -0.05) is 45.7 Å². The van der Waals surface area contributed by atoms with Crippen LogP contribution >= 0.6 is 27.5 Å². The van der Waals surface area contributed by atoms with Crippen molar-refractivity contribution in [2.45, 2.75) is 6.92 Å². The Balaban J connectivity index is 1.63. The molecule has 0 aliphatic heterocycles. The maximum atomic E-state index is 12.0. The van der Waals surface area contributed by atoms with Crippen molar-refractivity contribution in [2.24, 2.45) is 0 Å². The lowest BCUT2D eigenvalue weighted by Gasteiger charge is -2.09. The summed E-state index contributed by atoms with van der Waals surface area (Å²) in [6, 6.07) is 17.1. The van der Waals surface area contributed by atoms with Crippen molar-refractivity contribution >= 4 is 49.9 Å². The smallest absolute Gasteiger partial charge is 0.262 e. The topological polar surface area (TPSA) is 38.3 Å². The van der Waals surface area contributed by atoms with Crippen LogP contribution in [0.1, 0.15) is 5.56 Å². The van der Waals surface area contributed by atoms with Crippen LogP contribution in [0.15, 0.2) is 59.1 Å². The van der Waals surface area contributed by atoms with Gasteiger partial charge in [-0.3, -0.25) is 4.79 Å². The molecule has 0 fully saturated rings. The zero-order valence-corrected chi connectivity index (χ0v) is 15.3. The standard InChI is InChI=1S/C19H15BrClNO2/c1-12-2-6-16(10-18(12)21)22-19(23)11-24-17-7-4-13-8-15(20)5-3-14(13)9-17/h2-10H,11H2,1H3,(H,22,23). The SMILES string of the molecule is Cc1ccc(NC(=O)COc2ccc3cc(Br)ccc3c2)cc1Cl. The van der Waals surface area contributed by atoms with E-state index in [1.165, 1.54) is 0 Å². The van der Waals surface area contributed by atoms with Crippen LogP contribution in [0.3, 0.4) is 0 Å². The number of rotatable bonds is 4. The number of fused-ring (bicyclic) bond motifs is 1. The predicted molar refractivity (Wildman–Crippen MR) is 102 cm³/mol. The summed E-state index contributed by atoms with van der Waals surface area (Å²) < 4.78 is 6.60. The number of carbonyl (C=O) groups excluding carboxylic acids is 1. The number of nitrogens with one attached hydrogen (secondary N) is 1. The number of hydrogen-bond donors (Lipinski definition) is 1. The lowest BCUT2D eigenvalue weighted by atomic mass is 10.1. The van der Waals surface area contributed by atoms with Crippen molar-refractivity contribution in [1.82, 2.24) is 0 Å². The molecule has 5 heteroatoms. The second-order valence-corrected chi connectivity index (χ2v) is 6.78. The van der Waals surface area contributed by atoms with Crippen molar-refractivity contribution in [3.63, 3.8) is 0 Å². The Labute approximate surface area is 153 Å². The molecule has 1 amide bonds. The third-order valence-electron chi connectivity index (χ3n) is 3.60. The van der Waals surface area contributed by atoms with E-state index in [1.807, 2.05) is 55.5 Å². The molecule has 3 rings (SSSR count). The van der Waals surface area contributed by atoms with Crippen molar-refractivity contribution < 1.29 is 9.53 Å². The van der Waals surface area contributed by atoms with Crippen LogP contribution in [0.4, 0.5) is 5.69 Å². The van der Waals surface area contributed by atoms with Gasteiger partial charge in [0.1, 0.15) is 5.75 Å². The number of amides is 1. The quantitative estimate of drug-likeness (QED) is 0.616. The molecule has 0 aromatic heterocycles. The number of benzene rings is 3. The monoisotopic (exact) mass is 403 g/mol. The first-order valence-electron chi connectivity index (χ1n) is 7.39. The molecule has 3 aromatic carbocycles. The molecule has 0 saturated carbocycles. The second kappa shape index (κ2) is 7.24. The van der Waals surface area contributed by atoms with E-state index in [0.717, 1.165) is 20.8 Å². The third kappa shape index (κ3) is 4.08. The van der Waals surface area contributed by atoms with Crippen molar-refractivity contribution in [2.75, 3.05) is 11.9 Å². The molecule has 1 N–H and O–H groups in total. The Morgan fingerprint density at radius 1 is 1.08 bits per heavy atom. The summed E-state index contributed by atoms with van der Waals surface area (Å²) in [7, 11) is 0. The highest BCUT2D eigenvalue weighted by atomic mass is 79.9. The van der Waals surface area contributed by atoms with Crippen LogP contribution in [0.2, 0.25) is 5.02 Å². The number of anilines is 1. The number of aryl methyl sites for hydroxylation is 1. The molecule has 0 saturated heterocycles. The highest BCUT2D eigenvalue weighted by Gasteiger charge is 2.06. The molecule has 0 atom stereocenters. The Morgan fingerprint density at radius 2 is 1.83 bits per heavy atom. The van der Waals surface area contributed by atoms with Gasteiger partial charge in [-0.05, 0) is 59.7 Å². The molecule has 0 bridgehead atoms. The van der Waals surface area contributed by atoms with E-state index in [9.17, 15) is 4.79 Å². The van der Waals surface area contributed by atoms with Gasteiger partial charge in [-0.15, -0.1) is 0 Å². The minimum Gasteiger partial charge on any atom is -0.484 e. The molecule has 122 valence electrons. The molecule has 3 nitrogen and oxygen atoms in total. The molecule has 0 radical (unpaired) electrons. The molecule has 0 aliphatic carbocycles. The molecule has 0 aliphatic rings. The Hall–Kier alpha value is -2.04. The van der Waals surface area contributed by atoms with Crippen molar-refractivity contribution in [1.29, 1.82) is 0 Å². The van der Waals surface area contributed by atoms with Gasteiger partial charge in [-0.2, -0.15) is 0 Å². The molecule has 0 heterocycles. The normalized spacial score (nSPS) is 10.6. The second-order valence-electron chi connectivity index (χ2n) is 5.45. The van der Waals surface area contributed by atoms with Crippen LogP contribution < -0.4 is 10.1 Å². The summed E-state index contributed by atoms with van der Waals surface area (Å²) in [5, 5.41) is 5.55. The fourth-order valence-electron chi connectivity index (χ4n) is 2.30. The number of halogens is 2. The Bertz CT molecular complexity index is 911. The minimum absolute atomic E-state index is 0.0620. The summed E-state index contributed by atoms with van der Waals surface area (Å²) in [5.41, 5.74) is 1.62. The van der Waals surface area contributed by atoms with Gasteiger partial charge in [0.15, 0.2) is 6.61 Å². The first-order valence-corrected chi connectivity index (χ1v) is 8.56. The van der Waals surface area contributed by atoms with Gasteiger partial charge in [0, 0.05) is 15.2 Å². The average molecular weight is 405 g/mol. The van der Waals surface area contributed by atoms with Crippen LogP contribution in [0.25, 0.3) is 10.8 Å². The zero-order chi connectivity index (χ0) is 17.1. The largest absolute Gasteiger partial charge is 0.484 e. The fourth-order valence-corrected chi connectivity index (χ4v) is 2.86.